The van der Waals surface area contributed by atoms with E-state index in [1.54, 1.807) is 30.3 Å². The molecule has 0 aliphatic rings. The van der Waals surface area contributed by atoms with Gasteiger partial charge in [0.1, 0.15) is 26.5 Å². The maximum atomic E-state index is 12.0. The molecule has 0 fully saturated rings. The normalized spacial score (nSPS) is 11.8. The minimum atomic E-state index is -3.41. The predicted molar refractivity (Wildman–Crippen MR) is 123 cm³/mol. The summed E-state index contributed by atoms with van der Waals surface area (Å²) in [5, 5.41) is 3.24. The number of nitrogens with one attached hydrogen (secondary N) is 3. The Morgan fingerprint density at radius 3 is 2.68 bits per heavy atom. The second kappa shape index (κ2) is 7.40. The van der Waals surface area contributed by atoms with E-state index in [2.05, 4.69) is 41.2 Å². The van der Waals surface area contributed by atoms with Crippen LogP contribution in [0.2, 0.25) is 0 Å². The van der Waals surface area contributed by atoms with Gasteiger partial charge in [0.25, 0.3) is 0 Å². The van der Waals surface area contributed by atoms with Crippen LogP contribution in [0.15, 0.2) is 70.3 Å². The molecule has 0 saturated carbocycles. The molecule has 0 saturated heterocycles. The van der Waals surface area contributed by atoms with E-state index in [0.717, 1.165) is 33.1 Å². The molecule has 3 N–H and O–H groups in total. The monoisotopic (exact) mass is 497 g/mol. The molecule has 0 aliphatic carbocycles. The first-order valence-corrected chi connectivity index (χ1v) is 11.9. The minimum Gasteiger partial charge on any atom is -0.456 e. The number of hydrogen-bond acceptors (Lipinski definition) is 6. The summed E-state index contributed by atoms with van der Waals surface area (Å²) < 4.78 is 30.6. The van der Waals surface area contributed by atoms with Crippen LogP contribution in [0.4, 0.5) is 11.6 Å². The van der Waals surface area contributed by atoms with Gasteiger partial charge >= 0.3 is 0 Å². The van der Waals surface area contributed by atoms with E-state index in [9.17, 15) is 8.42 Å². The zero-order valence-corrected chi connectivity index (χ0v) is 18.6. The molecule has 3 heterocycles. The van der Waals surface area contributed by atoms with E-state index < -0.39 is 9.84 Å². The molecule has 5 aromatic rings. The van der Waals surface area contributed by atoms with Crippen molar-refractivity contribution in [2.24, 2.45) is 0 Å². The third kappa shape index (κ3) is 3.87. The summed E-state index contributed by atoms with van der Waals surface area (Å²) in [4.78, 5) is 15.6. The van der Waals surface area contributed by atoms with Crippen LogP contribution in [-0.4, -0.2) is 34.6 Å². The highest BCUT2D eigenvalue weighted by Crippen LogP contribution is 2.31. The number of halogens is 1. The van der Waals surface area contributed by atoms with E-state index in [4.69, 9.17) is 4.74 Å². The molecule has 0 spiro atoms. The molecule has 0 bridgehead atoms. The number of nitrogens with zero attached hydrogens (tertiary/aromatic N) is 2. The second-order valence-electron chi connectivity index (χ2n) is 6.94. The topological polar surface area (TPSA) is 113 Å². The summed E-state index contributed by atoms with van der Waals surface area (Å²) in [6, 6.07) is 15.7. The zero-order chi connectivity index (χ0) is 21.6. The van der Waals surface area contributed by atoms with Gasteiger partial charge in [0.2, 0.25) is 5.95 Å². The number of imidazole rings is 1. The lowest BCUT2D eigenvalue weighted by atomic mass is 10.3. The van der Waals surface area contributed by atoms with Crippen LogP contribution in [0.25, 0.3) is 22.1 Å². The average molecular weight is 498 g/mol. The maximum absolute atomic E-state index is 12.0. The fourth-order valence-electron chi connectivity index (χ4n) is 3.27. The van der Waals surface area contributed by atoms with Gasteiger partial charge in [0.05, 0.1) is 22.2 Å². The smallest absolute Gasteiger partial charge is 0.205 e. The summed E-state index contributed by atoms with van der Waals surface area (Å²) in [6.45, 7) is 0. The lowest BCUT2D eigenvalue weighted by Crippen LogP contribution is -1.99. The maximum Gasteiger partial charge on any atom is 0.205 e. The van der Waals surface area contributed by atoms with Gasteiger partial charge in [-0.05, 0) is 52.3 Å². The van der Waals surface area contributed by atoms with Gasteiger partial charge in [0, 0.05) is 18.5 Å². The highest BCUT2D eigenvalue weighted by Gasteiger charge is 2.15. The van der Waals surface area contributed by atoms with Crippen LogP contribution >= 0.6 is 15.9 Å². The molecule has 2 aromatic carbocycles. The van der Waals surface area contributed by atoms with E-state index in [1.807, 2.05) is 24.4 Å². The highest BCUT2D eigenvalue weighted by molar-refractivity contribution is 9.10. The molecule has 31 heavy (non-hydrogen) atoms. The Balaban J connectivity index is 1.45. The number of benzene rings is 2. The summed E-state index contributed by atoms with van der Waals surface area (Å²) >= 11 is 3.39. The largest absolute Gasteiger partial charge is 0.456 e. The lowest BCUT2D eigenvalue weighted by Gasteiger charge is -2.09. The average Bonchev–Trinajstić information content (AvgIpc) is 3.31. The molecular weight excluding hydrogens is 482 g/mol. The van der Waals surface area contributed by atoms with Crippen LogP contribution in [0.1, 0.15) is 0 Å². The number of para-hydroxylation sites is 1. The quantitative estimate of drug-likeness (QED) is 0.289. The number of H-pyrrole nitrogens is 2. The fourth-order valence-corrected chi connectivity index (χ4v) is 4.38. The standard InChI is InChI=1S/C21H16BrN5O3S/c1-31(28,29)18-5-3-2-4-17(18)30-12-6-7-13-15(10-12)25-21(24-13)26-16-11-23-14-8-9-19(22)27-20(14)16/h2-11,23H,1H3,(H2,24,25,26). The minimum absolute atomic E-state index is 0.137. The highest BCUT2D eigenvalue weighted by atomic mass is 79.9. The third-order valence-electron chi connectivity index (χ3n) is 4.67. The summed E-state index contributed by atoms with van der Waals surface area (Å²) in [7, 11) is -3.41. The number of aromatic nitrogens is 4. The molecular formula is C21H16BrN5O3S. The summed E-state index contributed by atoms with van der Waals surface area (Å²) in [5.41, 5.74) is 3.96. The molecule has 0 atom stereocenters. The van der Waals surface area contributed by atoms with Crippen molar-refractivity contribution in [2.75, 3.05) is 11.6 Å². The number of rotatable bonds is 5. The molecule has 0 amide bonds. The van der Waals surface area contributed by atoms with Crippen molar-refractivity contribution < 1.29 is 13.2 Å². The van der Waals surface area contributed by atoms with Crippen LogP contribution in [0.3, 0.4) is 0 Å². The van der Waals surface area contributed by atoms with E-state index >= 15 is 0 Å². The van der Waals surface area contributed by atoms with Crippen LogP contribution in [0.5, 0.6) is 11.5 Å². The lowest BCUT2D eigenvalue weighted by molar-refractivity contribution is 0.468. The number of aromatic amines is 2. The molecule has 0 aliphatic heterocycles. The Morgan fingerprint density at radius 1 is 1.03 bits per heavy atom. The van der Waals surface area contributed by atoms with Crippen molar-refractivity contribution in [3.05, 3.63) is 65.4 Å². The van der Waals surface area contributed by atoms with E-state index in [0.29, 0.717) is 17.2 Å². The van der Waals surface area contributed by atoms with Crippen LogP contribution in [-0.2, 0) is 9.84 Å². The molecule has 0 unspecified atom stereocenters. The first kappa shape index (κ1) is 19.6. The van der Waals surface area contributed by atoms with Gasteiger partial charge in [-0.2, -0.15) is 0 Å². The Labute approximate surface area is 185 Å². The van der Waals surface area contributed by atoms with Gasteiger partial charge in [-0.15, -0.1) is 0 Å². The SMILES string of the molecule is CS(=O)(=O)c1ccccc1Oc1ccc2[nH]c(Nc3c[nH]c4ccc(Br)nc34)nc2c1. The molecule has 8 nitrogen and oxygen atoms in total. The van der Waals surface area contributed by atoms with Gasteiger partial charge in [-0.3, -0.25) is 0 Å². The van der Waals surface area contributed by atoms with Crippen LogP contribution < -0.4 is 10.1 Å². The van der Waals surface area contributed by atoms with Crippen molar-refractivity contribution in [1.29, 1.82) is 0 Å². The van der Waals surface area contributed by atoms with Gasteiger partial charge in [0.15, 0.2) is 9.84 Å². The molecule has 156 valence electrons. The number of fused-ring (bicyclic) bond motifs is 2. The summed E-state index contributed by atoms with van der Waals surface area (Å²) in [5.74, 6) is 1.30. The number of pyridine rings is 1. The van der Waals surface area contributed by atoms with E-state index in [1.165, 1.54) is 6.07 Å². The van der Waals surface area contributed by atoms with Gasteiger partial charge < -0.3 is 20.0 Å². The Hall–Kier alpha value is -3.37. The Morgan fingerprint density at radius 2 is 1.84 bits per heavy atom. The van der Waals surface area contributed by atoms with Crippen molar-refractivity contribution in [2.45, 2.75) is 4.90 Å². The van der Waals surface area contributed by atoms with Crippen molar-refractivity contribution in [3.8, 4) is 11.5 Å². The van der Waals surface area contributed by atoms with Gasteiger partial charge in [-0.25, -0.2) is 18.4 Å². The Bertz CT molecular complexity index is 1540. The molecule has 10 heteroatoms. The number of anilines is 2. The van der Waals surface area contributed by atoms with E-state index in [-0.39, 0.29) is 10.6 Å². The molecule has 0 radical (unpaired) electrons. The predicted octanol–water partition coefficient (Wildman–Crippen LogP) is 5.14. The number of sulfone groups is 1. The zero-order valence-electron chi connectivity index (χ0n) is 16.2. The first-order chi connectivity index (χ1) is 14.9. The molecule has 5 rings (SSSR count). The van der Waals surface area contributed by atoms with Gasteiger partial charge in [-0.1, -0.05) is 12.1 Å². The number of ether oxygens (including phenoxy) is 1. The number of hydrogen-bond donors (Lipinski definition) is 3. The first-order valence-electron chi connectivity index (χ1n) is 9.24. The Kier molecular flexibility index (Phi) is 4.67. The fraction of sp³-hybridized carbons (Fsp3) is 0.0476. The van der Waals surface area contributed by atoms with Crippen molar-refractivity contribution in [1.82, 2.24) is 19.9 Å². The summed E-state index contributed by atoms with van der Waals surface area (Å²) in [6.07, 6.45) is 2.98. The molecule has 3 aromatic heterocycles. The van der Waals surface area contributed by atoms with Crippen molar-refractivity contribution in [3.63, 3.8) is 0 Å². The second-order valence-corrected chi connectivity index (χ2v) is 9.74. The van der Waals surface area contributed by atoms with Crippen LogP contribution in [0, 0.1) is 0 Å². The van der Waals surface area contributed by atoms with Crippen molar-refractivity contribution >= 4 is 59.5 Å². The third-order valence-corrected chi connectivity index (χ3v) is 6.25.